The molecule has 0 bridgehead atoms. The summed E-state index contributed by atoms with van der Waals surface area (Å²) in [4.78, 5) is 12.4. The number of ether oxygens (including phenoxy) is 1. The Morgan fingerprint density at radius 2 is 1.90 bits per heavy atom. The van der Waals surface area contributed by atoms with E-state index in [1.807, 2.05) is 37.3 Å². The summed E-state index contributed by atoms with van der Waals surface area (Å²) in [5.41, 5.74) is 1.95. The number of anilines is 1. The summed E-state index contributed by atoms with van der Waals surface area (Å²) in [6.07, 6.45) is 2.26. The number of aryl methyl sites for hydroxylation is 1. The summed E-state index contributed by atoms with van der Waals surface area (Å²) in [5.74, 6) is 0.812. The molecule has 0 aliphatic rings. The lowest BCUT2D eigenvalue weighted by atomic mass is 9.87. The molecule has 0 radical (unpaired) electrons. The minimum absolute atomic E-state index is 0.0278. The summed E-state index contributed by atoms with van der Waals surface area (Å²) < 4.78 is 5.94. The molecule has 0 saturated carbocycles. The van der Waals surface area contributed by atoms with Gasteiger partial charge in [-0.1, -0.05) is 63.3 Å². The number of nitrogens with one attached hydrogen (secondary N) is 1. The highest BCUT2D eigenvalue weighted by Gasteiger charge is 2.14. The van der Waals surface area contributed by atoms with Gasteiger partial charge in [-0.25, -0.2) is 0 Å². The van der Waals surface area contributed by atoms with E-state index in [0.717, 1.165) is 17.2 Å². The van der Waals surface area contributed by atoms with Crippen LogP contribution >= 0.6 is 11.3 Å². The van der Waals surface area contributed by atoms with E-state index in [1.54, 1.807) is 12.1 Å². The van der Waals surface area contributed by atoms with Crippen LogP contribution in [-0.4, -0.2) is 16.1 Å². The van der Waals surface area contributed by atoms with E-state index in [4.69, 9.17) is 4.74 Å². The van der Waals surface area contributed by atoms with Gasteiger partial charge in [0.25, 0.3) is 5.91 Å². The molecule has 3 rings (SSSR count). The molecule has 1 aromatic heterocycles. The largest absolute Gasteiger partial charge is 0.457 e. The first-order valence-corrected chi connectivity index (χ1v) is 10.7. The van der Waals surface area contributed by atoms with Crippen molar-refractivity contribution in [3.05, 3.63) is 70.2 Å². The standard InChI is InChI=1S/C24H24N4O2S/c1-5-21-27-28-23(31-21)26-22(29)17(15-25)13-16-7-6-8-20(14-16)30-19-11-9-18(10-12-19)24(2,3)4/h6-14H,5H2,1-4H3,(H,26,28,29)/b17-13+. The highest BCUT2D eigenvalue weighted by molar-refractivity contribution is 7.15. The predicted octanol–water partition coefficient (Wildman–Crippen LogP) is 5.74. The summed E-state index contributed by atoms with van der Waals surface area (Å²) in [6.45, 7) is 8.45. The lowest BCUT2D eigenvalue weighted by molar-refractivity contribution is -0.112. The van der Waals surface area contributed by atoms with E-state index in [9.17, 15) is 10.1 Å². The van der Waals surface area contributed by atoms with Crippen LogP contribution in [0.15, 0.2) is 54.1 Å². The van der Waals surface area contributed by atoms with Crippen molar-refractivity contribution in [2.75, 3.05) is 5.32 Å². The lowest BCUT2D eigenvalue weighted by Crippen LogP contribution is -2.13. The first-order valence-electron chi connectivity index (χ1n) is 9.92. The fourth-order valence-corrected chi connectivity index (χ4v) is 3.43. The van der Waals surface area contributed by atoms with E-state index in [2.05, 4.69) is 48.4 Å². The van der Waals surface area contributed by atoms with Crippen LogP contribution in [0.1, 0.15) is 43.8 Å². The quantitative estimate of drug-likeness (QED) is 0.397. The fourth-order valence-electron chi connectivity index (χ4n) is 2.75. The van der Waals surface area contributed by atoms with Gasteiger partial charge in [0.2, 0.25) is 5.13 Å². The zero-order valence-electron chi connectivity index (χ0n) is 18.0. The second kappa shape index (κ2) is 9.54. The van der Waals surface area contributed by atoms with Gasteiger partial charge in [0, 0.05) is 0 Å². The summed E-state index contributed by atoms with van der Waals surface area (Å²) >= 11 is 1.29. The van der Waals surface area contributed by atoms with Crippen molar-refractivity contribution in [3.8, 4) is 17.6 Å². The highest BCUT2D eigenvalue weighted by Crippen LogP contribution is 2.27. The zero-order chi connectivity index (χ0) is 22.4. The average Bonchev–Trinajstić information content (AvgIpc) is 3.19. The Morgan fingerprint density at radius 3 is 2.52 bits per heavy atom. The molecule has 1 heterocycles. The molecule has 1 amide bonds. The van der Waals surface area contributed by atoms with Gasteiger partial charge in [0.1, 0.15) is 28.1 Å². The van der Waals surface area contributed by atoms with Crippen molar-refractivity contribution < 1.29 is 9.53 Å². The molecule has 0 spiro atoms. The molecule has 0 atom stereocenters. The Hall–Kier alpha value is -3.50. The van der Waals surface area contributed by atoms with Crippen LogP contribution < -0.4 is 10.1 Å². The normalized spacial score (nSPS) is 11.6. The van der Waals surface area contributed by atoms with Crippen molar-refractivity contribution in [1.29, 1.82) is 5.26 Å². The Morgan fingerprint density at radius 1 is 1.16 bits per heavy atom. The van der Waals surface area contributed by atoms with Crippen LogP contribution in [0.25, 0.3) is 6.08 Å². The highest BCUT2D eigenvalue weighted by atomic mass is 32.1. The molecule has 0 aliphatic carbocycles. The Balaban J connectivity index is 1.74. The molecule has 3 aromatic rings. The smallest absolute Gasteiger partial charge is 0.268 e. The van der Waals surface area contributed by atoms with Crippen molar-refractivity contribution in [2.45, 2.75) is 39.5 Å². The van der Waals surface area contributed by atoms with E-state index >= 15 is 0 Å². The maximum Gasteiger partial charge on any atom is 0.268 e. The summed E-state index contributed by atoms with van der Waals surface area (Å²) in [6, 6.07) is 17.1. The maximum absolute atomic E-state index is 12.4. The van der Waals surface area contributed by atoms with Gasteiger partial charge in [-0.05, 0) is 53.3 Å². The van der Waals surface area contributed by atoms with E-state index in [1.165, 1.54) is 23.0 Å². The third-order valence-electron chi connectivity index (χ3n) is 4.48. The van der Waals surface area contributed by atoms with Crippen LogP contribution in [-0.2, 0) is 16.6 Å². The third-order valence-corrected chi connectivity index (χ3v) is 5.46. The van der Waals surface area contributed by atoms with Crippen molar-refractivity contribution in [1.82, 2.24) is 10.2 Å². The van der Waals surface area contributed by atoms with Crippen molar-refractivity contribution in [2.24, 2.45) is 0 Å². The van der Waals surface area contributed by atoms with Crippen LogP contribution in [0.3, 0.4) is 0 Å². The van der Waals surface area contributed by atoms with Crippen molar-refractivity contribution in [3.63, 3.8) is 0 Å². The minimum atomic E-state index is -0.523. The number of benzene rings is 2. The molecule has 0 unspecified atom stereocenters. The number of carbonyl (C=O) groups is 1. The number of nitriles is 1. The van der Waals surface area contributed by atoms with Gasteiger partial charge in [-0.3, -0.25) is 10.1 Å². The SMILES string of the molecule is CCc1nnc(NC(=O)/C(C#N)=C/c2cccc(Oc3ccc(C(C)(C)C)cc3)c2)s1. The fraction of sp³-hybridized carbons (Fsp3) is 0.250. The number of nitrogens with zero attached hydrogens (tertiary/aromatic N) is 3. The van der Waals surface area contributed by atoms with E-state index in [-0.39, 0.29) is 11.0 Å². The van der Waals surface area contributed by atoms with Crippen LogP contribution in [0, 0.1) is 11.3 Å². The number of rotatable bonds is 6. The Kier molecular flexibility index (Phi) is 6.83. The monoisotopic (exact) mass is 432 g/mol. The zero-order valence-corrected chi connectivity index (χ0v) is 18.8. The molecule has 0 fully saturated rings. The summed E-state index contributed by atoms with van der Waals surface area (Å²) in [7, 11) is 0. The van der Waals surface area contributed by atoms with E-state index < -0.39 is 5.91 Å². The first-order chi connectivity index (χ1) is 14.8. The first kappa shape index (κ1) is 22.2. The van der Waals surface area contributed by atoms with Gasteiger partial charge in [0.15, 0.2) is 0 Å². The molecule has 0 saturated heterocycles. The van der Waals surface area contributed by atoms with Crippen molar-refractivity contribution >= 4 is 28.5 Å². The number of amides is 1. The van der Waals surface area contributed by atoms with E-state index in [0.29, 0.717) is 16.4 Å². The molecular formula is C24H24N4O2S. The molecule has 31 heavy (non-hydrogen) atoms. The number of aromatic nitrogens is 2. The Labute approximate surface area is 186 Å². The lowest BCUT2D eigenvalue weighted by Gasteiger charge is -2.19. The second-order valence-electron chi connectivity index (χ2n) is 7.93. The maximum atomic E-state index is 12.4. The molecule has 6 nitrogen and oxygen atoms in total. The summed E-state index contributed by atoms with van der Waals surface area (Å²) in [5, 5.41) is 21.1. The minimum Gasteiger partial charge on any atom is -0.457 e. The predicted molar refractivity (Wildman–Crippen MR) is 123 cm³/mol. The second-order valence-corrected chi connectivity index (χ2v) is 8.99. The van der Waals surface area contributed by atoms with Gasteiger partial charge < -0.3 is 4.74 Å². The average molecular weight is 433 g/mol. The van der Waals surface area contributed by atoms with Crippen LogP contribution in [0.2, 0.25) is 0 Å². The molecule has 1 N–H and O–H groups in total. The Bertz CT molecular complexity index is 1140. The van der Waals surface area contributed by atoms with Gasteiger partial charge in [0.05, 0.1) is 0 Å². The molecule has 2 aromatic carbocycles. The topological polar surface area (TPSA) is 87.9 Å². The number of carbonyl (C=O) groups excluding carboxylic acids is 1. The van der Waals surface area contributed by atoms with Gasteiger partial charge in [-0.15, -0.1) is 10.2 Å². The third kappa shape index (κ3) is 6.00. The number of hydrogen-bond acceptors (Lipinski definition) is 6. The van der Waals surface area contributed by atoms with Gasteiger partial charge >= 0.3 is 0 Å². The molecule has 0 aliphatic heterocycles. The number of hydrogen-bond donors (Lipinski definition) is 1. The van der Waals surface area contributed by atoms with Gasteiger partial charge in [-0.2, -0.15) is 5.26 Å². The van der Waals surface area contributed by atoms with Crippen LogP contribution in [0.5, 0.6) is 11.5 Å². The molecule has 7 heteroatoms. The van der Waals surface area contributed by atoms with Crippen LogP contribution in [0.4, 0.5) is 5.13 Å². The molecule has 158 valence electrons. The molecular weight excluding hydrogens is 408 g/mol.